The molecule has 0 bridgehead atoms. The summed E-state index contributed by atoms with van der Waals surface area (Å²) in [6.45, 7) is 4.05. The summed E-state index contributed by atoms with van der Waals surface area (Å²) in [5, 5.41) is 9.17. The molecule has 0 spiro atoms. The molecule has 10 heavy (non-hydrogen) atoms. The van der Waals surface area contributed by atoms with Gasteiger partial charge in [0, 0.05) is 11.8 Å². The van der Waals surface area contributed by atoms with Crippen LogP contribution in [0.15, 0.2) is 18.3 Å². The Morgan fingerprint density at radius 2 is 2.20 bits per heavy atom. The number of rotatable bonds is 1. The van der Waals surface area contributed by atoms with Crippen molar-refractivity contribution in [1.29, 1.82) is 0 Å². The molecular formula is C8H11NO. The number of aromatic hydroxyl groups is 1. The number of pyridine rings is 1. The van der Waals surface area contributed by atoms with Crippen LogP contribution in [0, 0.1) is 0 Å². The average Bonchev–Trinajstić information content (AvgIpc) is 1.88. The predicted molar refractivity (Wildman–Crippen MR) is 40.0 cm³/mol. The van der Waals surface area contributed by atoms with E-state index < -0.39 is 0 Å². The highest BCUT2D eigenvalue weighted by atomic mass is 16.3. The topological polar surface area (TPSA) is 33.1 Å². The standard InChI is InChI=1S/C8H11NO/c1-6(2)7-4-3-5-9-8(7)10/h3-6H,1-2H3,(H,9,10). The van der Waals surface area contributed by atoms with Gasteiger partial charge in [-0.1, -0.05) is 19.9 Å². The zero-order valence-corrected chi connectivity index (χ0v) is 6.20. The summed E-state index contributed by atoms with van der Waals surface area (Å²) in [7, 11) is 0. The molecule has 1 aromatic heterocycles. The van der Waals surface area contributed by atoms with Gasteiger partial charge in [0.25, 0.3) is 0 Å². The van der Waals surface area contributed by atoms with Gasteiger partial charge in [0.2, 0.25) is 5.88 Å². The Balaban J connectivity index is 3.03. The molecule has 54 valence electrons. The Hall–Kier alpha value is -1.05. The second kappa shape index (κ2) is 2.69. The third kappa shape index (κ3) is 1.26. The highest BCUT2D eigenvalue weighted by molar-refractivity contribution is 5.26. The quantitative estimate of drug-likeness (QED) is 0.641. The molecule has 1 aromatic rings. The summed E-state index contributed by atoms with van der Waals surface area (Å²) < 4.78 is 0. The van der Waals surface area contributed by atoms with Crippen molar-refractivity contribution >= 4 is 0 Å². The zero-order chi connectivity index (χ0) is 7.56. The Bertz CT molecular complexity index is 220. The molecule has 1 heterocycles. The fourth-order valence-corrected chi connectivity index (χ4v) is 0.860. The van der Waals surface area contributed by atoms with E-state index in [0.717, 1.165) is 5.56 Å². The van der Waals surface area contributed by atoms with Crippen molar-refractivity contribution in [3.05, 3.63) is 23.9 Å². The molecule has 0 amide bonds. The lowest BCUT2D eigenvalue weighted by Gasteiger charge is -2.04. The highest BCUT2D eigenvalue weighted by Gasteiger charge is 2.03. The van der Waals surface area contributed by atoms with E-state index in [-0.39, 0.29) is 5.88 Å². The average molecular weight is 137 g/mol. The van der Waals surface area contributed by atoms with Gasteiger partial charge in [-0.2, -0.15) is 0 Å². The molecule has 0 aliphatic rings. The fourth-order valence-electron chi connectivity index (χ4n) is 0.860. The molecule has 0 saturated heterocycles. The lowest BCUT2D eigenvalue weighted by atomic mass is 10.1. The first-order chi connectivity index (χ1) is 4.72. The molecule has 0 atom stereocenters. The molecule has 0 fully saturated rings. The van der Waals surface area contributed by atoms with Crippen molar-refractivity contribution in [3.8, 4) is 5.88 Å². The van der Waals surface area contributed by atoms with Crippen LogP contribution in [0.2, 0.25) is 0 Å². The van der Waals surface area contributed by atoms with Gasteiger partial charge in [0.1, 0.15) is 0 Å². The normalized spacial score (nSPS) is 10.3. The molecule has 1 rings (SSSR count). The number of hydrogen-bond acceptors (Lipinski definition) is 2. The Kier molecular flexibility index (Phi) is 1.90. The van der Waals surface area contributed by atoms with E-state index in [2.05, 4.69) is 4.98 Å². The van der Waals surface area contributed by atoms with Crippen molar-refractivity contribution in [2.75, 3.05) is 0 Å². The molecule has 0 radical (unpaired) electrons. The van der Waals surface area contributed by atoms with Crippen LogP contribution in [-0.4, -0.2) is 10.1 Å². The minimum absolute atomic E-state index is 0.150. The zero-order valence-electron chi connectivity index (χ0n) is 6.20. The van der Waals surface area contributed by atoms with Crippen molar-refractivity contribution in [2.24, 2.45) is 0 Å². The van der Waals surface area contributed by atoms with E-state index >= 15 is 0 Å². The second-order valence-electron chi connectivity index (χ2n) is 2.57. The number of nitrogens with zero attached hydrogens (tertiary/aromatic N) is 1. The molecule has 1 N–H and O–H groups in total. The van der Waals surface area contributed by atoms with Crippen molar-refractivity contribution in [1.82, 2.24) is 4.98 Å². The van der Waals surface area contributed by atoms with Crippen LogP contribution in [0.4, 0.5) is 0 Å². The van der Waals surface area contributed by atoms with Gasteiger partial charge in [0.15, 0.2) is 0 Å². The van der Waals surface area contributed by atoms with Crippen LogP contribution in [0.5, 0.6) is 5.88 Å². The Labute approximate surface area is 60.5 Å². The van der Waals surface area contributed by atoms with Crippen LogP contribution >= 0.6 is 0 Å². The maximum Gasteiger partial charge on any atom is 0.214 e. The largest absolute Gasteiger partial charge is 0.493 e. The molecule has 2 nitrogen and oxygen atoms in total. The minimum atomic E-state index is 0.150. The second-order valence-corrected chi connectivity index (χ2v) is 2.57. The smallest absolute Gasteiger partial charge is 0.214 e. The van der Waals surface area contributed by atoms with Crippen LogP contribution in [0.3, 0.4) is 0 Å². The van der Waals surface area contributed by atoms with Gasteiger partial charge < -0.3 is 5.11 Å². The van der Waals surface area contributed by atoms with Gasteiger partial charge in [-0.15, -0.1) is 0 Å². The highest BCUT2D eigenvalue weighted by Crippen LogP contribution is 2.21. The first-order valence-electron chi connectivity index (χ1n) is 3.35. The van der Waals surface area contributed by atoms with Gasteiger partial charge in [0.05, 0.1) is 0 Å². The summed E-state index contributed by atoms with van der Waals surface area (Å²) >= 11 is 0. The van der Waals surface area contributed by atoms with Gasteiger partial charge in [-0.3, -0.25) is 0 Å². The predicted octanol–water partition coefficient (Wildman–Crippen LogP) is 1.91. The SMILES string of the molecule is CC(C)c1cccnc1O. The monoisotopic (exact) mass is 137 g/mol. The molecule has 2 heteroatoms. The molecule has 0 unspecified atom stereocenters. The van der Waals surface area contributed by atoms with E-state index in [1.807, 2.05) is 26.0 Å². The summed E-state index contributed by atoms with van der Waals surface area (Å²) in [5.41, 5.74) is 0.905. The van der Waals surface area contributed by atoms with E-state index in [9.17, 15) is 0 Å². The number of aromatic nitrogens is 1. The third-order valence-corrected chi connectivity index (χ3v) is 1.44. The Morgan fingerprint density at radius 3 is 2.60 bits per heavy atom. The minimum Gasteiger partial charge on any atom is -0.493 e. The van der Waals surface area contributed by atoms with Crippen molar-refractivity contribution < 1.29 is 5.11 Å². The van der Waals surface area contributed by atoms with Crippen LogP contribution < -0.4 is 0 Å². The molecule has 0 aliphatic carbocycles. The van der Waals surface area contributed by atoms with Gasteiger partial charge in [-0.25, -0.2) is 4.98 Å². The van der Waals surface area contributed by atoms with Crippen LogP contribution in [0.25, 0.3) is 0 Å². The van der Waals surface area contributed by atoms with E-state index in [0.29, 0.717) is 5.92 Å². The van der Waals surface area contributed by atoms with Crippen molar-refractivity contribution in [2.45, 2.75) is 19.8 Å². The molecular weight excluding hydrogens is 126 g/mol. The lowest BCUT2D eigenvalue weighted by molar-refractivity contribution is 0.443. The number of hydrogen-bond donors (Lipinski definition) is 1. The molecule has 0 aromatic carbocycles. The summed E-state index contributed by atoms with van der Waals surface area (Å²) in [5.74, 6) is 0.492. The van der Waals surface area contributed by atoms with Gasteiger partial charge >= 0.3 is 0 Å². The fraction of sp³-hybridized carbons (Fsp3) is 0.375. The first-order valence-corrected chi connectivity index (χ1v) is 3.35. The Morgan fingerprint density at radius 1 is 1.50 bits per heavy atom. The summed E-state index contributed by atoms with van der Waals surface area (Å²) in [6.07, 6.45) is 1.58. The van der Waals surface area contributed by atoms with E-state index in [4.69, 9.17) is 5.11 Å². The lowest BCUT2D eigenvalue weighted by Crippen LogP contribution is -1.88. The van der Waals surface area contributed by atoms with E-state index in [1.54, 1.807) is 6.20 Å². The van der Waals surface area contributed by atoms with Gasteiger partial charge in [-0.05, 0) is 12.0 Å². The summed E-state index contributed by atoms with van der Waals surface area (Å²) in [4.78, 5) is 3.76. The summed E-state index contributed by atoms with van der Waals surface area (Å²) in [6, 6.07) is 3.71. The van der Waals surface area contributed by atoms with E-state index in [1.165, 1.54) is 0 Å². The molecule has 0 aliphatic heterocycles. The third-order valence-electron chi connectivity index (χ3n) is 1.44. The van der Waals surface area contributed by atoms with Crippen LogP contribution in [0.1, 0.15) is 25.3 Å². The van der Waals surface area contributed by atoms with Crippen molar-refractivity contribution in [3.63, 3.8) is 0 Å². The maximum atomic E-state index is 9.17. The maximum absolute atomic E-state index is 9.17. The molecule has 0 saturated carbocycles. The first kappa shape index (κ1) is 7.06. The van der Waals surface area contributed by atoms with Crippen LogP contribution in [-0.2, 0) is 0 Å².